The Morgan fingerprint density at radius 3 is 1.19 bits per heavy atom. The molecule has 0 fully saturated rings. The monoisotopic (exact) mass is 1050 g/mol. The van der Waals surface area contributed by atoms with Gasteiger partial charge in [-0.3, -0.25) is 13.8 Å². The number of carbonyl (C=O) groups is 1. The Morgan fingerprint density at radius 2 is 0.811 bits per heavy atom. The highest BCUT2D eigenvalue weighted by Crippen LogP contribution is 2.43. The maximum Gasteiger partial charge on any atom is 0.472 e. The van der Waals surface area contributed by atoms with E-state index in [2.05, 4.69) is 116 Å². The molecule has 0 radical (unpaired) electrons. The molecule has 9 heteroatoms. The molecule has 0 saturated carbocycles. The Hall–Kier alpha value is -2.58. The smallest absolute Gasteiger partial charge is 0.391 e. The number of rotatable bonds is 55. The first-order chi connectivity index (χ1) is 36.0. The minimum atomic E-state index is -4.33. The van der Waals surface area contributed by atoms with E-state index in [-0.39, 0.29) is 19.1 Å². The first-order valence-electron chi connectivity index (χ1n) is 30.6. The van der Waals surface area contributed by atoms with Gasteiger partial charge in [0, 0.05) is 6.42 Å². The zero-order valence-corrected chi connectivity index (χ0v) is 49.7. The Balaban J connectivity index is 4.06. The van der Waals surface area contributed by atoms with E-state index in [1.807, 2.05) is 21.1 Å². The predicted molar refractivity (Wildman–Crippen MR) is 322 cm³/mol. The molecular formula is C65H118N2O6P+. The van der Waals surface area contributed by atoms with E-state index in [0.29, 0.717) is 23.9 Å². The molecular weight excluding hydrogens is 936 g/mol. The van der Waals surface area contributed by atoms with Crippen LogP contribution in [-0.4, -0.2) is 73.4 Å². The Labute approximate surface area is 458 Å². The molecule has 3 unspecified atom stereocenters. The molecule has 0 aromatic rings. The number of allylic oxidation sites excluding steroid dienone is 16. The number of phosphoric acid groups is 1. The summed E-state index contributed by atoms with van der Waals surface area (Å²) in [6.45, 7) is 4.78. The molecule has 0 aliphatic carbocycles. The van der Waals surface area contributed by atoms with Gasteiger partial charge in [-0.1, -0.05) is 272 Å². The number of unbranched alkanes of at least 4 members (excludes halogenated alkanes) is 26. The average Bonchev–Trinajstić information content (AvgIpc) is 3.36. The quantitative estimate of drug-likeness (QED) is 0.0243. The molecule has 0 aliphatic heterocycles. The number of hydrogen-bond acceptors (Lipinski definition) is 5. The van der Waals surface area contributed by atoms with Crippen LogP contribution < -0.4 is 5.32 Å². The number of hydrogen-bond donors (Lipinski definition) is 3. The average molecular weight is 1050 g/mol. The van der Waals surface area contributed by atoms with Gasteiger partial charge in [0.25, 0.3) is 0 Å². The Bertz CT molecular complexity index is 1520. The fourth-order valence-electron chi connectivity index (χ4n) is 8.59. The molecule has 0 heterocycles. The van der Waals surface area contributed by atoms with E-state index in [1.165, 1.54) is 141 Å². The summed E-state index contributed by atoms with van der Waals surface area (Å²) in [6, 6.07) is -0.767. The van der Waals surface area contributed by atoms with Gasteiger partial charge in [-0.15, -0.1) is 0 Å². The van der Waals surface area contributed by atoms with Crippen molar-refractivity contribution in [3.05, 3.63) is 97.2 Å². The lowest BCUT2D eigenvalue weighted by Gasteiger charge is -2.26. The van der Waals surface area contributed by atoms with Crippen molar-refractivity contribution in [2.24, 2.45) is 0 Å². The lowest BCUT2D eigenvalue weighted by Crippen LogP contribution is -2.46. The highest BCUT2D eigenvalue weighted by Gasteiger charge is 2.28. The Morgan fingerprint density at radius 1 is 0.473 bits per heavy atom. The summed E-state index contributed by atoms with van der Waals surface area (Å²) >= 11 is 0. The van der Waals surface area contributed by atoms with Crippen LogP contribution >= 0.6 is 7.82 Å². The van der Waals surface area contributed by atoms with Crippen molar-refractivity contribution < 1.29 is 32.9 Å². The van der Waals surface area contributed by atoms with Crippen LogP contribution in [0.1, 0.15) is 258 Å². The van der Waals surface area contributed by atoms with Gasteiger partial charge < -0.3 is 19.8 Å². The molecule has 3 N–H and O–H groups in total. The second kappa shape index (κ2) is 55.2. The lowest BCUT2D eigenvalue weighted by atomic mass is 10.0. The van der Waals surface area contributed by atoms with Crippen molar-refractivity contribution in [2.45, 2.75) is 270 Å². The minimum Gasteiger partial charge on any atom is -0.391 e. The number of amides is 1. The number of aliphatic hydroxyl groups is 1. The van der Waals surface area contributed by atoms with E-state index in [0.717, 1.165) is 89.9 Å². The maximum absolute atomic E-state index is 13.0. The van der Waals surface area contributed by atoms with Crippen LogP contribution in [0.25, 0.3) is 0 Å². The fourth-order valence-corrected chi connectivity index (χ4v) is 9.33. The second-order valence-electron chi connectivity index (χ2n) is 21.7. The van der Waals surface area contributed by atoms with Crippen molar-refractivity contribution in [1.29, 1.82) is 0 Å². The molecule has 0 aromatic carbocycles. The van der Waals surface area contributed by atoms with Crippen molar-refractivity contribution in [3.8, 4) is 0 Å². The van der Waals surface area contributed by atoms with Gasteiger partial charge in [-0.2, -0.15) is 0 Å². The van der Waals surface area contributed by atoms with Gasteiger partial charge in [-0.05, 0) is 77.0 Å². The highest BCUT2D eigenvalue weighted by molar-refractivity contribution is 7.47. The van der Waals surface area contributed by atoms with Gasteiger partial charge in [0.2, 0.25) is 5.91 Å². The lowest BCUT2D eigenvalue weighted by molar-refractivity contribution is -0.870. The van der Waals surface area contributed by atoms with Gasteiger partial charge in [0.05, 0.1) is 39.9 Å². The maximum atomic E-state index is 13.0. The third-order valence-electron chi connectivity index (χ3n) is 13.3. The minimum absolute atomic E-state index is 0.0712. The van der Waals surface area contributed by atoms with Gasteiger partial charge >= 0.3 is 7.82 Å². The van der Waals surface area contributed by atoms with Crippen LogP contribution in [-0.2, 0) is 18.4 Å². The normalized spacial score (nSPS) is 14.5. The molecule has 0 rings (SSSR count). The number of nitrogens with one attached hydrogen (secondary N) is 1. The number of aliphatic hydroxyl groups excluding tert-OH is 1. The van der Waals surface area contributed by atoms with Crippen LogP contribution in [0.3, 0.4) is 0 Å². The summed E-state index contributed by atoms with van der Waals surface area (Å²) in [6.07, 6.45) is 79.0. The van der Waals surface area contributed by atoms with Crippen LogP contribution in [0.5, 0.6) is 0 Å². The number of phosphoric ester groups is 1. The molecule has 74 heavy (non-hydrogen) atoms. The van der Waals surface area contributed by atoms with Crippen LogP contribution in [0.2, 0.25) is 0 Å². The standard InChI is InChI=1S/C65H117N2O6P/c1-6-8-10-12-14-16-18-20-22-23-24-25-26-27-28-29-30-31-32-33-34-35-36-37-38-39-40-41-42-43-45-47-49-51-53-55-57-59-65(69)66-63(62-73-74(70,71)72-61-60-67(3,4)5)64(68)58-56-54-52-50-48-46-44-21-19-17-15-13-11-9-7-2/h8,10,14,16,20,22,24-25,27-28,30-31,33-34,36-37,63-64,68H,6-7,9,11-13,15,17-19,21,23,26,29,32,35,38-62H2,1-5H3,(H-,66,69,70,71)/p+1/b10-8-,16-14-,22-20-,25-24-,28-27-,31-30-,34-33-,37-36-. The molecule has 0 saturated heterocycles. The molecule has 0 aromatic heterocycles. The zero-order chi connectivity index (χ0) is 54.2. The molecule has 3 atom stereocenters. The summed E-state index contributed by atoms with van der Waals surface area (Å²) < 4.78 is 23.8. The van der Waals surface area contributed by atoms with Crippen molar-refractivity contribution in [3.63, 3.8) is 0 Å². The fraction of sp³-hybridized carbons (Fsp3) is 0.738. The third kappa shape index (κ3) is 57.1. The van der Waals surface area contributed by atoms with Crippen LogP contribution in [0.15, 0.2) is 97.2 Å². The largest absolute Gasteiger partial charge is 0.472 e. The van der Waals surface area contributed by atoms with E-state index in [4.69, 9.17) is 9.05 Å². The van der Waals surface area contributed by atoms with Crippen molar-refractivity contribution >= 4 is 13.7 Å². The summed E-state index contributed by atoms with van der Waals surface area (Å²) in [4.78, 5) is 23.3. The molecule has 8 nitrogen and oxygen atoms in total. The summed E-state index contributed by atoms with van der Waals surface area (Å²) in [5.41, 5.74) is 0. The molecule has 1 amide bonds. The summed E-state index contributed by atoms with van der Waals surface area (Å²) in [5, 5.41) is 14.1. The first kappa shape index (κ1) is 71.4. The van der Waals surface area contributed by atoms with E-state index in [9.17, 15) is 19.4 Å². The molecule has 0 spiro atoms. The van der Waals surface area contributed by atoms with Gasteiger partial charge in [0.1, 0.15) is 13.2 Å². The SMILES string of the molecule is CC/C=C\C/C=C\C/C=C\C/C=C\C/C=C\C/C=C\C/C=C\C/C=C\CCCCCCCCCCCCCCC(=O)NC(COP(=O)(O)OCC[N+](C)(C)C)C(O)CCCCCCCCCCCCCCCCC. The number of quaternary nitrogens is 1. The van der Waals surface area contributed by atoms with Crippen LogP contribution in [0, 0.1) is 0 Å². The highest BCUT2D eigenvalue weighted by atomic mass is 31.2. The molecule has 428 valence electrons. The Kier molecular flexibility index (Phi) is 53.3. The van der Waals surface area contributed by atoms with Crippen LogP contribution in [0.4, 0.5) is 0 Å². The molecule has 0 aliphatic rings. The zero-order valence-electron chi connectivity index (χ0n) is 48.8. The molecule has 0 bridgehead atoms. The first-order valence-corrected chi connectivity index (χ1v) is 32.1. The summed E-state index contributed by atoms with van der Waals surface area (Å²) in [5.74, 6) is -0.149. The van der Waals surface area contributed by atoms with E-state index < -0.39 is 20.0 Å². The number of likely N-dealkylation sites (N-methyl/N-ethyl adjacent to an activating group) is 1. The van der Waals surface area contributed by atoms with Crippen molar-refractivity contribution in [1.82, 2.24) is 5.32 Å². The number of carbonyl (C=O) groups excluding carboxylic acids is 1. The van der Waals surface area contributed by atoms with Crippen molar-refractivity contribution in [2.75, 3.05) is 40.9 Å². The number of nitrogens with zero attached hydrogens (tertiary/aromatic N) is 1. The summed E-state index contributed by atoms with van der Waals surface area (Å²) in [7, 11) is 1.61. The third-order valence-corrected chi connectivity index (χ3v) is 14.3. The predicted octanol–water partition coefficient (Wildman–Crippen LogP) is 19.0. The van der Waals surface area contributed by atoms with E-state index in [1.54, 1.807) is 0 Å². The van der Waals surface area contributed by atoms with Gasteiger partial charge in [0.15, 0.2) is 0 Å². The van der Waals surface area contributed by atoms with E-state index >= 15 is 0 Å². The second-order valence-corrected chi connectivity index (χ2v) is 23.2. The van der Waals surface area contributed by atoms with Gasteiger partial charge in [-0.25, -0.2) is 4.57 Å². The topological polar surface area (TPSA) is 105 Å².